The molecule has 4 heterocycles. The Bertz CT molecular complexity index is 1070. The minimum Gasteiger partial charge on any atom is -0.481 e. The van der Waals surface area contributed by atoms with Gasteiger partial charge in [-0.05, 0) is 0 Å². The molecule has 0 amide bonds. The quantitative estimate of drug-likeness (QED) is 0.146. The minimum absolute atomic E-state index is 0.199. The topological polar surface area (TPSA) is 189 Å². The maximum atomic E-state index is 5.77. The normalized spacial score (nSPS) is 11.2. The van der Waals surface area contributed by atoms with Crippen molar-refractivity contribution in [2.45, 2.75) is 0 Å². The molecular weight excluding hydrogens is 508 g/mol. The van der Waals surface area contributed by atoms with Gasteiger partial charge in [0.1, 0.15) is 0 Å². The third-order valence-electron chi connectivity index (χ3n) is 5.89. The first kappa shape index (κ1) is 25.5. The highest BCUT2D eigenvalue weighted by Gasteiger charge is 2.60. The predicted octanol–water partition coefficient (Wildman–Crippen LogP) is -1.97. The van der Waals surface area contributed by atoms with Crippen molar-refractivity contribution in [2.75, 3.05) is 56.9 Å². The van der Waals surface area contributed by atoms with Crippen LogP contribution in [0, 0.1) is 0 Å². The zero-order valence-corrected chi connectivity index (χ0v) is 22.6. The van der Waals surface area contributed by atoms with E-state index in [0.29, 0.717) is 20.7 Å². The third-order valence-corrected chi connectivity index (χ3v) is 10.7. The number of hydrogen-bond acceptors (Lipinski definition) is 12. The molecule has 0 aromatic carbocycles. The molecule has 4 aromatic rings. The summed E-state index contributed by atoms with van der Waals surface area (Å²) in [5.41, 5.74) is 0. The van der Waals surface area contributed by atoms with E-state index in [1.165, 1.54) is 56.9 Å². The molecule has 17 heteroatoms. The third kappa shape index (κ3) is 3.57. The van der Waals surface area contributed by atoms with Crippen LogP contribution in [0.15, 0.2) is 0 Å². The van der Waals surface area contributed by atoms with Crippen LogP contribution in [0.1, 0.15) is 0 Å². The first-order chi connectivity index (χ1) is 18.0. The summed E-state index contributed by atoms with van der Waals surface area (Å²) in [6.45, 7) is 0. The summed E-state index contributed by atoms with van der Waals surface area (Å²) in [5.74, 6) is 1.87. The molecule has 0 unspecified atom stereocenters. The van der Waals surface area contributed by atoms with Crippen LogP contribution in [0.5, 0.6) is 47.0 Å². The van der Waals surface area contributed by atoms with E-state index in [0.717, 1.165) is 0 Å². The Balaban J connectivity index is 2.42. The first-order valence-electron chi connectivity index (χ1n) is 10.7. The van der Waals surface area contributed by atoms with E-state index in [-0.39, 0.29) is 47.0 Å². The lowest BCUT2D eigenvalue weighted by molar-refractivity contribution is 0.395. The highest BCUT2D eigenvalue weighted by molar-refractivity contribution is 7.22. The van der Waals surface area contributed by atoms with Gasteiger partial charge in [0.05, 0.1) is 77.6 Å². The lowest BCUT2D eigenvalue weighted by Crippen LogP contribution is -2.75. The Morgan fingerprint density at radius 1 is 0.378 bits per heavy atom. The second kappa shape index (κ2) is 10.2. The van der Waals surface area contributed by atoms with Crippen LogP contribution in [0.2, 0.25) is 0 Å². The van der Waals surface area contributed by atoms with Gasteiger partial charge in [-0.2, -0.15) is 0 Å². The molecule has 200 valence electrons. The fourth-order valence-electron chi connectivity index (χ4n) is 4.50. The van der Waals surface area contributed by atoms with Gasteiger partial charge in [0.2, 0.25) is 55.1 Å². The van der Waals surface area contributed by atoms with Gasteiger partial charge in [0.25, 0.3) is 0 Å². The van der Waals surface area contributed by atoms with Gasteiger partial charge >= 0.3 is 0 Å². The Labute approximate surface area is 211 Å². The molecule has 37 heavy (non-hydrogen) atoms. The molecule has 4 rings (SSSR count). The number of nitrogens with zero attached hydrogens (tertiary/aromatic N) is 4. The van der Waals surface area contributed by atoms with Crippen LogP contribution in [-0.4, -0.2) is 106 Å². The van der Waals surface area contributed by atoms with Gasteiger partial charge in [0, 0.05) is 0 Å². The molecule has 0 saturated carbocycles. The lowest BCUT2D eigenvalue weighted by atomic mass is 10.6. The molecule has 0 aliphatic heterocycles. The number of rotatable bonds is 12. The molecule has 4 aromatic heterocycles. The maximum absolute atomic E-state index is 5.77. The van der Waals surface area contributed by atoms with Crippen molar-refractivity contribution in [3.05, 3.63) is 0 Å². The van der Waals surface area contributed by atoms with Crippen LogP contribution in [0.4, 0.5) is 0 Å². The molecule has 0 saturated heterocycles. The smallest absolute Gasteiger partial charge is 0.236 e. The van der Waals surface area contributed by atoms with Crippen molar-refractivity contribution in [3.8, 4) is 47.0 Å². The maximum Gasteiger partial charge on any atom is 0.236 e. The number of methoxy groups -OCH3 is 8. The van der Waals surface area contributed by atoms with E-state index in [2.05, 4.69) is 40.8 Å². The van der Waals surface area contributed by atoms with Crippen molar-refractivity contribution in [2.24, 2.45) is 0 Å². The molecule has 0 aliphatic rings. The van der Waals surface area contributed by atoms with Crippen LogP contribution >= 0.6 is 0 Å². The molecule has 0 atom stereocenters. The number of ether oxygens (including phenoxy) is 8. The summed E-state index contributed by atoms with van der Waals surface area (Å²) in [7, 11) is 7.91. The van der Waals surface area contributed by atoms with Crippen molar-refractivity contribution in [1.82, 2.24) is 40.8 Å². The van der Waals surface area contributed by atoms with E-state index < -0.39 is 8.07 Å². The Morgan fingerprint density at radius 3 is 0.757 bits per heavy atom. The summed E-state index contributed by atoms with van der Waals surface area (Å²) in [4.78, 5) is 0. The van der Waals surface area contributed by atoms with Gasteiger partial charge in [0.15, 0.2) is 0 Å². The molecule has 0 aliphatic carbocycles. The average Bonchev–Trinajstić information content (AvgIpc) is 3.73. The monoisotopic (exact) mass is 536 g/mol. The van der Waals surface area contributed by atoms with Gasteiger partial charge in [-0.3, -0.25) is 0 Å². The van der Waals surface area contributed by atoms with E-state index in [9.17, 15) is 0 Å². The Kier molecular flexibility index (Phi) is 7.05. The SMILES string of the molecule is COc1n[nH]c(OC)c1[Si](c1c(OC)n[nH]c1OC)(c1c(OC)n[nH]c1OC)c1c(OC)n[nH]c1OC. The van der Waals surface area contributed by atoms with Gasteiger partial charge in [-0.15, -0.1) is 20.4 Å². The molecule has 0 fully saturated rings. The Hall–Kier alpha value is -4.54. The summed E-state index contributed by atoms with van der Waals surface area (Å²) < 4.78 is 46.1. The summed E-state index contributed by atoms with van der Waals surface area (Å²) in [6, 6.07) is 0. The fourth-order valence-corrected chi connectivity index (χ4v) is 9.91. The van der Waals surface area contributed by atoms with E-state index in [1.54, 1.807) is 0 Å². The largest absolute Gasteiger partial charge is 0.481 e. The summed E-state index contributed by atoms with van der Waals surface area (Å²) in [6.07, 6.45) is 0. The molecular formula is C20H28N8O8Si. The zero-order valence-electron chi connectivity index (χ0n) is 21.6. The fraction of sp³-hybridized carbons (Fsp3) is 0.400. The average molecular weight is 537 g/mol. The van der Waals surface area contributed by atoms with E-state index in [1.807, 2.05) is 0 Å². The highest BCUT2D eigenvalue weighted by Crippen LogP contribution is 2.33. The van der Waals surface area contributed by atoms with Crippen LogP contribution in [-0.2, 0) is 0 Å². The number of hydrogen-bond donors (Lipinski definition) is 4. The van der Waals surface area contributed by atoms with Gasteiger partial charge in [-0.1, -0.05) is 0 Å². The van der Waals surface area contributed by atoms with E-state index >= 15 is 0 Å². The summed E-state index contributed by atoms with van der Waals surface area (Å²) in [5, 5.41) is 30.9. The van der Waals surface area contributed by atoms with Crippen molar-refractivity contribution in [3.63, 3.8) is 0 Å². The second-order valence-corrected chi connectivity index (χ2v) is 10.8. The molecule has 0 radical (unpaired) electrons. The molecule has 0 spiro atoms. The highest BCUT2D eigenvalue weighted by atomic mass is 28.3. The van der Waals surface area contributed by atoms with Crippen molar-refractivity contribution < 1.29 is 37.9 Å². The molecule has 0 bridgehead atoms. The van der Waals surface area contributed by atoms with Crippen LogP contribution in [0.25, 0.3) is 0 Å². The second-order valence-electron chi connectivity index (χ2n) is 7.31. The number of H-pyrrole nitrogens is 4. The molecule has 4 N–H and O–H groups in total. The summed E-state index contributed by atoms with van der Waals surface area (Å²) >= 11 is 0. The number of aromatic nitrogens is 8. The lowest BCUT2D eigenvalue weighted by Gasteiger charge is -2.32. The standard InChI is InChI=1S/C20H28N8O8Si/c1-29-13-9(14(30-2)22-21-13)37(10-15(31-3)23-24-16(10)32-4,11-17(33-5)25-26-18(11)34-6)12-19(35-7)27-28-20(12)36-8/h1-8H3,(H,21,22)(H,23,24)(H,25,26)(H,27,28). The predicted molar refractivity (Wildman–Crippen MR) is 131 cm³/mol. The first-order valence-corrected chi connectivity index (χ1v) is 12.7. The number of nitrogens with one attached hydrogen (secondary N) is 4. The Morgan fingerprint density at radius 2 is 0.595 bits per heavy atom. The number of aromatic amines is 4. The zero-order chi connectivity index (χ0) is 26.7. The van der Waals surface area contributed by atoms with Crippen LogP contribution < -0.4 is 58.6 Å². The van der Waals surface area contributed by atoms with Crippen molar-refractivity contribution >= 4 is 28.8 Å². The van der Waals surface area contributed by atoms with E-state index in [4.69, 9.17) is 37.9 Å². The molecule has 16 nitrogen and oxygen atoms in total. The van der Waals surface area contributed by atoms with Gasteiger partial charge in [-0.25, -0.2) is 20.4 Å². The van der Waals surface area contributed by atoms with Crippen molar-refractivity contribution in [1.29, 1.82) is 0 Å². The minimum atomic E-state index is -3.99. The van der Waals surface area contributed by atoms with Gasteiger partial charge < -0.3 is 37.9 Å². The van der Waals surface area contributed by atoms with Crippen LogP contribution in [0.3, 0.4) is 0 Å².